The highest BCUT2D eigenvalue weighted by Crippen LogP contribution is 2.18. The van der Waals surface area contributed by atoms with Crippen molar-refractivity contribution in [1.29, 1.82) is 0 Å². The van der Waals surface area contributed by atoms with Gasteiger partial charge < -0.3 is 10.1 Å². The molecular weight excluding hydrogens is 282 g/mol. The van der Waals surface area contributed by atoms with E-state index in [4.69, 9.17) is 4.74 Å². The van der Waals surface area contributed by atoms with Gasteiger partial charge in [0.1, 0.15) is 5.75 Å². The van der Waals surface area contributed by atoms with Crippen molar-refractivity contribution in [2.75, 3.05) is 11.9 Å². The van der Waals surface area contributed by atoms with Crippen LogP contribution in [0.2, 0.25) is 0 Å². The fourth-order valence-corrected chi connectivity index (χ4v) is 1.50. The maximum atomic E-state index is 12.0. The minimum atomic E-state index is -0.250. The number of carbonyl (C=O) groups excluding carboxylic acids is 1. The van der Waals surface area contributed by atoms with E-state index in [0.29, 0.717) is 17.9 Å². The highest BCUT2D eigenvalue weighted by Gasteiger charge is 2.18. The number of hydrogen-bond acceptors (Lipinski definition) is 2. The average Bonchev–Trinajstić information content (AvgIpc) is 2.24. The summed E-state index contributed by atoms with van der Waals surface area (Å²) in [7, 11) is 0. The zero-order valence-corrected chi connectivity index (χ0v) is 12.0. The smallest absolute Gasteiger partial charge is 0.255 e. The van der Waals surface area contributed by atoms with Crippen molar-refractivity contribution in [3.05, 3.63) is 29.8 Å². The third-order valence-corrected chi connectivity index (χ3v) is 2.28. The number of rotatable bonds is 4. The molecule has 1 rings (SSSR count). The van der Waals surface area contributed by atoms with E-state index < -0.39 is 0 Å². The lowest BCUT2D eigenvalue weighted by atomic mass is 10.1. The minimum absolute atomic E-state index is 0.109. The SMILES string of the molecule is CC(C)(C)NC(=O)c1ccccc1OCCBr. The van der Waals surface area contributed by atoms with Crippen molar-refractivity contribution in [2.45, 2.75) is 26.3 Å². The standard InChI is InChI=1S/C13H18BrNO2/c1-13(2,3)15-12(16)10-6-4-5-7-11(10)17-9-8-14/h4-7H,8-9H2,1-3H3,(H,15,16). The van der Waals surface area contributed by atoms with Gasteiger partial charge in [0.15, 0.2) is 0 Å². The van der Waals surface area contributed by atoms with Gasteiger partial charge in [0, 0.05) is 10.9 Å². The van der Waals surface area contributed by atoms with Crippen molar-refractivity contribution in [3.8, 4) is 5.75 Å². The topological polar surface area (TPSA) is 38.3 Å². The highest BCUT2D eigenvalue weighted by molar-refractivity contribution is 9.09. The first-order valence-corrected chi connectivity index (χ1v) is 6.66. The molecule has 0 aliphatic carbocycles. The van der Waals surface area contributed by atoms with Crippen molar-refractivity contribution in [1.82, 2.24) is 5.32 Å². The molecule has 0 spiro atoms. The molecule has 0 atom stereocenters. The lowest BCUT2D eigenvalue weighted by Crippen LogP contribution is -2.40. The fraction of sp³-hybridized carbons (Fsp3) is 0.462. The minimum Gasteiger partial charge on any atom is -0.492 e. The van der Waals surface area contributed by atoms with Gasteiger partial charge in [0.05, 0.1) is 12.2 Å². The van der Waals surface area contributed by atoms with Crippen LogP contribution in [0.25, 0.3) is 0 Å². The van der Waals surface area contributed by atoms with Crippen molar-refractivity contribution in [2.24, 2.45) is 0 Å². The molecule has 0 unspecified atom stereocenters. The van der Waals surface area contributed by atoms with Gasteiger partial charge in [0.2, 0.25) is 0 Å². The van der Waals surface area contributed by atoms with Crippen LogP contribution in [0.4, 0.5) is 0 Å². The molecule has 0 bridgehead atoms. The summed E-state index contributed by atoms with van der Waals surface area (Å²) in [6, 6.07) is 7.26. The second-order valence-corrected chi connectivity index (χ2v) is 5.53. The van der Waals surface area contributed by atoms with Crippen LogP contribution >= 0.6 is 15.9 Å². The molecule has 0 aromatic heterocycles. The number of carbonyl (C=O) groups is 1. The molecule has 0 fully saturated rings. The molecule has 94 valence electrons. The summed E-state index contributed by atoms with van der Waals surface area (Å²) in [6.07, 6.45) is 0. The first kappa shape index (κ1) is 14.0. The molecule has 1 N–H and O–H groups in total. The van der Waals surface area contributed by atoms with Gasteiger partial charge in [0.25, 0.3) is 5.91 Å². The maximum absolute atomic E-state index is 12.0. The van der Waals surface area contributed by atoms with E-state index in [9.17, 15) is 4.79 Å². The quantitative estimate of drug-likeness (QED) is 0.868. The predicted molar refractivity (Wildman–Crippen MR) is 73.0 cm³/mol. The number of nitrogens with one attached hydrogen (secondary N) is 1. The van der Waals surface area contributed by atoms with Crippen LogP contribution in [0.5, 0.6) is 5.75 Å². The van der Waals surface area contributed by atoms with Gasteiger partial charge in [-0.05, 0) is 32.9 Å². The average molecular weight is 300 g/mol. The zero-order chi connectivity index (χ0) is 12.9. The number of alkyl halides is 1. The first-order chi connectivity index (χ1) is 7.94. The number of para-hydroxylation sites is 1. The lowest BCUT2D eigenvalue weighted by molar-refractivity contribution is 0.0916. The Bertz CT molecular complexity index is 385. The zero-order valence-electron chi connectivity index (χ0n) is 10.4. The van der Waals surface area contributed by atoms with Crippen LogP contribution in [0, 0.1) is 0 Å². The van der Waals surface area contributed by atoms with E-state index in [1.165, 1.54) is 0 Å². The summed E-state index contributed by atoms with van der Waals surface area (Å²) in [5, 5.41) is 3.66. The number of ether oxygens (including phenoxy) is 1. The van der Waals surface area contributed by atoms with Crippen LogP contribution in [-0.2, 0) is 0 Å². The van der Waals surface area contributed by atoms with Crippen LogP contribution < -0.4 is 10.1 Å². The molecule has 0 heterocycles. The Kier molecular flexibility index (Phi) is 5.00. The molecule has 1 aromatic rings. The van der Waals surface area contributed by atoms with Gasteiger partial charge in [-0.1, -0.05) is 28.1 Å². The summed E-state index contributed by atoms with van der Waals surface area (Å²) in [5.41, 5.74) is 0.322. The van der Waals surface area contributed by atoms with E-state index >= 15 is 0 Å². The van der Waals surface area contributed by atoms with E-state index in [1.807, 2.05) is 32.9 Å². The molecule has 1 aromatic carbocycles. The molecule has 4 heteroatoms. The largest absolute Gasteiger partial charge is 0.492 e. The van der Waals surface area contributed by atoms with E-state index in [0.717, 1.165) is 5.33 Å². The first-order valence-electron chi connectivity index (χ1n) is 5.54. The molecule has 17 heavy (non-hydrogen) atoms. The van der Waals surface area contributed by atoms with E-state index in [-0.39, 0.29) is 11.4 Å². The maximum Gasteiger partial charge on any atom is 0.255 e. The lowest BCUT2D eigenvalue weighted by Gasteiger charge is -2.21. The van der Waals surface area contributed by atoms with E-state index in [1.54, 1.807) is 12.1 Å². The second kappa shape index (κ2) is 6.05. The number of halogens is 1. The number of amides is 1. The van der Waals surface area contributed by atoms with Gasteiger partial charge in [-0.25, -0.2) is 0 Å². The molecule has 0 saturated heterocycles. The monoisotopic (exact) mass is 299 g/mol. The molecule has 0 saturated carbocycles. The van der Waals surface area contributed by atoms with Crippen LogP contribution in [-0.4, -0.2) is 23.4 Å². The predicted octanol–water partition coefficient (Wildman–Crippen LogP) is 2.99. The van der Waals surface area contributed by atoms with Crippen molar-refractivity contribution >= 4 is 21.8 Å². The Hall–Kier alpha value is -1.03. The molecule has 0 radical (unpaired) electrons. The molecule has 1 amide bonds. The van der Waals surface area contributed by atoms with E-state index in [2.05, 4.69) is 21.2 Å². The summed E-state index contributed by atoms with van der Waals surface area (Å²) >= 11 is 3.29. The Labute approximate surface area is 111 Å². The van der Waals surface area contributed by atoms with Crippen LogP contribution in [0.3, 0.4) is 0 Å². The van der Waals surface area contributed by atoms with Crippen LogP contribution in [0.1, 0.15) is 31.1 Å². The Morgan fingerprint density at radius 2 is 2.00 bits per heavy atom. The number of benzene rings is 1. The molecule has 3 nitrogen and oxygen atoms in total. The second-order valence-electron chi connectivity index (χ2n) is 4.74. The van der Waals surface area contributed by atoms with Crippen molar-refractivity contribution < 1.29 is 9.53 Å². The summed E-state index contributed by atoms with van der Waals surface area (Å²) < 4.78 is 5.51. The Balaban J connectivity index is 2.85. The fourth-order valence-electron chi connectivity index (χ4n) is 1.34. The molecule has 0 aliphatic heterocycles. The van der Waals surface area contributed by atoms with Gasteiger partial charge >= 0.3 is 0 Å². The summed E-state index contributed by atoms with van der Waals surface area (Å²) in [4.78, 5) is 12.0. The van der Waals surface area contributed by atoms with Crippen LogP contribution in [0.15, 0.2) is 24.3 Å². The third-order valence-electron chi connectivity index (χ3n) is 1.95. The summed E-state index contributed by atoms with van der Waals surface area (Å²) in [6.45, 7) is 6.40. The number of hydrogen-bond donors (Lipinski definition) is 1. The van der Waals surface area contributed by atoms with Gasteiger partial charge in [-0.15, -0.1) is 0 Å². The Morgan fingerprint density at radius 1 is 1.35 bits per heavy atom. The highest BCUT2D eigenvalue weighted by atomic mass is 79.9. The normalized spacial score (nSPS) is 11.1. The Morgan fingerprint density at radius 3 is 2.59 bits per heavy atom. The molecular formula is C13H18BrNO2. The summed E-state index contributed by atoms with van der Waals surface area (Å²) in [5.74, 6) is 0.511. The van der Waals surface area contributed by atoms with Gasteiger partial charge in [-0.3, -0.25) is 4.79 Å². The molecule has 0 aliphatic rings. The van der Waals surface area contributed by atoms with Crippen molar-refractivity contribution in [3.63, 3.8) is 0 Å². The van der Waals surface area contributed by atoms with Gasteiger partial charge in [-0.2, -0.15) is 0 Å². The third kappa shape index (κ3) is 4.77.